The predicted octanol–water partition coefficient (Wildman–Crippen LogP) is 3.87. The summed E-state index contributed by atoms with van der Waals surface area (Å²) in [6.07, 6.45) is 9.41. The number of aromatic nitrogens is 3. The van der Waals surface area contributed by atoms with Gasteiger partial charge in [-0.3, -0.25) is 19.6 Å². The van der Waals surface area contributed by atoms with Crippen molar-refractivity contribution in [2.75, 3.05) is 13.1 Å². The number of amides is 2. The van der Waals surface area contributed by atoms with Gasteiger partial charge >= 0.3 is 0 Å². The Hall–Kier alpha value is -4.41. The molecule has 0 bridgehead atoms. The topological polar surface area (TPSA) is 133 Å². The number of aliphatic hydroxyl groups excluding tert-OH is 1. The van der Waals surface area contributed by atoms with E-state index in [0.29, 0.717) is 41.2 Å². The fourth-order valence-corrected chi connectivity index (χ4v) is 6.10. The van der Waals surface area contributed by atoms with Crippen molar-refractivity contribution in [3.05, 3.63) is 102 Å². The number of aryl methyl sites for hydroxylation is 1. The molecule has 6 rings (SSSR count). The number of benzene rings is 2. The van der Waals surface area contributed by atoms with Crippen molar-refractivity contribution in [2.24, 2.45) is 0 Å². The van der Waals surface area contributed by atoms with Gasteiger partial charge in [-0.05, 0) is 69.3 Å². The van der Waals surface area contributed by atoms with Crippen molar-refractivity contribution < 1.29 is 19.1 Å². The van der Waals surface area contributed by atoms with Crippen molar-refractivity contribution in [1.82, 2.24) is 30.5 Å². The molecule has 0 aliphatic carbocycles. The van der Waals surface area contributed by atoms with E-state index in [1.807, 2.05) is 37.3 Å². The lowest BCUT2D eigenvalue weighted by molar-refractivity contribution is 0.0715. The van der Waals surface area contributed by atoms with Crippen LogP contribution in [0, 0.1) is 6.92 Å². The molecule has 0 unspecified atom stereocenters. The number of hydrogen-bond donors (Lipinski definition) is 3. The fourth-order valence-electron chi connectivity index (χ4n) is 6.10. The second kappa shape index (κ2) is 12.8. The van der Waals surface area contributed by atoms with Crippen LogP contribution >= 0.6 is 0 Å². The number of likely N-dealkylation sites (tertiary alicyclic amines) is 1. The summed E-state index contributed by atoms with van der Waals surface area (Å²) in [5.41, 5.74) is 3.58. The van der Waals surface area contributed by atoms with Crippen LogP contribution in [0.25, 0.3) is 11.3 Å². The van der Waals surface area contributed by atoms with Crippen LogP contribution in [0.4, 0.5) is 0 Å². The molecule has 10 heteroatoms. The Kier molecular flexibility index (Phi) is 8.57. The predicted molar refractivity (Wildman–Crippen MR) is 160 cm³/mol. The van der Waals surface area contributed by atoms with Crippen LogP contribution in [0.1, 0.15) is 69.6 Å². The third-order valence-electron chi connectivity index (χ3n) is 8.27. The number of aliphatic hydroxyl groups is 1. The average molecular weight is 581 g/mol. The highest BCUT2D eigenvalue weighted by Crippen LogP contribution is 2.33. The highest BCUT2D eigenvalue weighted by molar-refractivity contribution is 6.01. The first-order chi connectivity index (χ1) is 21.0. The molecule has 4 aromatic rings. The maximum Gasteiger partial charge on any atom is 0.254 e. The Morgan fingerprint density at radius 3 is 2.67 bits per heavy atom. The fraction of sp³-hybridized carbons (Fsp3) is 0.364. The monoisotopic (exact) mass is 580 g/mol. The summed E-state index contributed by atoms with van der Waals surface area (Å²) in [4.78, 5) is 42.7. The lowest BCUT2D eigenvalue weighted by Crippen LogP contribution is -2.52. The van der Waals surface area contributed by atoms with Gasteiger partial charge in [0.15, 0.2) is 0 Å². The van der Waals surface area contributed by atoms with E-state index in [0.717, 1.165) is 43.5 Å². The molecule has 0 radical (unpaired) electrons. The summed E-state index contributed by atoms with van der Waals surface area (Å²) in [6, 6.07) is 14.0. The number of nitrogens with one attached hydrogen (secondary N) is 2. The zero-order valence-electron chi connectivity index (χ0n) is 24.1. The first kappa shape index (κ1) is 28.7. The number of rotatable bonds is 9. The molecule has 2 amide bonds. The van der Waals surface area contributed by atoms with E-state index >= 15 is 0 Å². The van der Waals surface area contributed by atoms with E-state index in [-0.39, 0.29) is 23.9 Å². The van der Waals surface area contributed by atoms with Crippen molar-refractivity contribution in [3.8, 4) is 11.3 Å². The van der Waals surface area contributed by atoms with Crippen LogP contribution in [-0.4, -0.2) is 68.0 Å². The Morgan fingerprint density at radius 1 is 1.12 bits per heavy atom. The van der Waals surface area contributed by atoms with Crippen LogP contribution in [0.2, 0.25) is 0 Å². The van der Waals surface area contributed by atoms with Gasteiger partial charge in [0.1, 0.15) is 12.3 Å². The molecule has 2 aromatic heterocycles. The highest BCUT2D eigenvalue weighted by Gasteiger charge is 2.35. The highest BCUT2D eigenvalue weighted by atomic mass is 16.3. The Balaban J connectivity index is 1.32. The van der Waals surface area contributed by atoms with Crippen molar-refractivity contribution in [2.45, 2.75) is 63.3 Å². The largest absolute Gasteiger partial charge is 0.446 e. The van der Waals surface area contributed by atoms with Crippen molar-refractivity contribution in [1.29, 1.82) is 0 Å². The molecule has 2 fully saturated rings. The van der Waals surface area contributed by atoms with Crippen molar-refractivity contribution in [3.63, 3.8) is 0 Å². The van der Waals surface area contributed by atoms with E-state index in [1.54, 1.807) is 48.0 Å². The van der Waals surface area contributed by atoms with Crippen LogP contribution in [-0.2, 0) is 6.42 Å². The standard InChI is InChI=1S/C33H36N6O4/c1-21-20-43-32(37-21)29-10-6-14-39(29)33(42)25-17-23(28-19-34-12-13-36-28)16-24(18-25)31(41)38-27(15-22-7-3-2-4-8-22)30(40)26-9-5-11-35-26/h2-4,7-8,12-13,16-20,26-27,29-30,35,40H,5-6,9-11,14-15H2,1H3,(H,38,41)/t26-,27+,29-,30-/m1/s1. The van der Waals surface area contributed by atoms with Gasteiger partial charge in [0.05, 0.1) is 29.7 Å². The molecule has 3 N–H and O–H groups in total. The van der Waals surface area contributed by atoms with Gasteiger partial charge in [-0.1, -0.05) is 30.3 Å². The summed E-state index contributed by atoms with van der Waals surface area (Å²) < 4.78 is 5.66. The molecule has 4 atom stereocenters. The first-order valence-electron chi connectivity index (χ1n) is 14.9. The molecular formula is C33H36N6O4. The number of nitrogens with zero attached hydrogens (tertiary/aromatic N) is 4. The van der Waals surface area contributed by atoms with E-state index in [1.165, 1.54) is 0 Å². The zero-order chi connectivity index (χ0) is 29.8. The second-order valence-electron chi connectivity index (χ2n) is 11.3. The molecule has 4 heterocycles. The van der Waals surface area contributed by atoms with Gasteiger partial charge in [-0.25, -0.2) is 4.98 Å². The van der Waals surface area contributed by atoms with Crippen molar-refractivity contribution >= 4 is 11.8 Å². The quantitative estimate of drug-likeness (QED) is 0.272. The third-order valence-corrected chi connectivity index (χ3v) is 8.27. The van der Waals surface area contributed by atoms with Gasteiger partial charge in [-0.15, -0.1) is 0 Å². The number of hydrogen-bond acceptors (Lipinski definition) is 8. The van der Waals surface area contributed by atoms with Gasteiger partial charge < -0.3 is 25.1 Å². The molecule has 222 valence electrons. The average Bonchev–Trinajstić information content (AvgIpc) is 3.83. The Morgan fingerprint density at radius 2 is 1.95 bits per heavy atom. The van der Waals surface area contributed by atoms with Crippen LogP contribution in [0.15, 0.2) is 77.8 Å². The molecular weight excluding hydrogens is 544 g/mol. The van der Waals surface area contributed by atoms with Crippen LogP contribution in [0.3, 0.4) is 0 Å². The number of carbonyl (C=O) groups excluding carboxylic acids is 2. The lowest BCUT2D eigenvalue weighted by Gasteiger charge is -2.29. The van der Waals surface area contributed by atoms with Gasteiger partial charge in [-0.2, -0.15) is 0 Å². The number of oxazole rings is 1. The van der Waals surface area contributed by atoms with E-state index in [9.17, 15) is 14.7 Å². The maximum atomic E-state index is 14.0. The maximum absolute atomic E-state index is 14.0. The molecule has 0 spiro atoms. The van der Waals surface area contributed by atoms with Crippen LogP contribution < -0.4 is 10.6 Å². The molecule has 2 saturated heterocycles. The minimum atomic E-state index is -0.787. The second-order valence-corrected chi connectivity index (χ2v) is 11.3. The summed E-state index contributed by atoms with van der Waals surface area (Å²) >= 11 is 0. The zero-order valence-corrected chi connectivity index (χ0v) is 24.1. The Labute approximate surface area is 250 Å². The van der Waals surface area contributed by atoms with Gasteiger partial charge in [0.25, 0.3) is 11.8 Å². The summed E-state index contributed by atoms with van der Waals surface area (Å²) in [6.45, 7) is 3.25. The lowest BCUT2D eigenvalue weighted by atomic mass is 9.94. The molecule has 43 heavy (non-hydrogen) atoms. The van der Waals surface area contributed by atoms with Crippen LogP contribution in [0.5, 0.6) is 0 Å². The summed E-state index contributed by atoms with van der Waals surface area (Å²) in [7, 11) is 0. The SMILES string of the molecule is Cc1coc([C@H]2CCCN2C(=O)c2cc(C(=O)N[C@@H](Cc3ccccc3)[C@H](O)[C@H]3CCCN3)cc(-c3cnccn3)c2)n1. The minimum absolute atomic E-state index is 0.108. The Bertz CT molecular complexity index is 1550. The summed E-state index contributed by atoms with van der Waals surface area (Å²) in [5, 5.41) is 17.8. The van der Waals surface area contributed by atoms with E-state index in [4.69, 9.17) is 4.42 Å². The summed E-state index contributed by atoms with van der Waals surface area (Å²) in [5.74, 6) is -0.0714. The third kappa shape index (κ3) is 6.50. The minimum Gasteiger partial charge on any atom is -0.446 e. The van der Waals surface area contributed by atoms with Gasteiger partial charge in [0.2, 0.25) is 5.89 Å². The smallest absolute Gasteiger partial charge is 0.254 e. The van der Waals surface area contributed by atoms with E-state index < -0.39 is 12.1 Å². The normalized spacial score (nSPS) is 19.7. The molecule has 2 aliphatic heterocycles. The number of carbonyl (C=O) groups is 2. The van der Waals surface area contributed by atoms with Gasteiger partial charge in [0, 0.05) is 41.7 Å². The molecule has 0 saturated carbocycles. The first-order valence-corrected chi connectivity index (χ1v) is 14.9. The molecule has 10 nitrogen and oxygen atoms in total. The van der Waals surface area contributed by atoms with E-state index in [2.05, 4.69) is 25.6 Å². The molecule has 2 aromatic carbocycles. The molecule has 2 aliphatic rings.